The van der Waals surface area contributed by atoms with Crippen LogP contribution in [0, 0.1) is 30.1 Å². The molecule has 0 amide bonds. The maximum atomic E-state index is 11.0. The molecule has 2 nitrogen and oxygen atoms in total. The van der Waals surface area contributed by atoms with Gasteiger partial charge in [-0.2, -0.15) is 0 Å². The van der Waals surface area contributed by atoms with Crippen LogP contribution in [0.3, 0.4) is 0 Å². The summed E-state index contributed by atoms with van der Waals surface area (Å²) in [5.41, 5.74) is -0.341. The van der Waals surface area contributed by atoms with E-state index in [1.807, 2.05) is 34.6 Å². The number of ether oxygens (including phenoxy) is 1. The molecule has 0 aliphatic rings. The molecule has 90 valence electrons. The Kier molecular flexibility index (Phi) is 9.42. The summed E-state index contributed by atoms with van der Waals surface area (Å²) in [6.07, 6.45) is 5.23. The van der Waals surface area contributed by atoms with Gasteiger partial charge in [0.15, 0.2) is 0 Å². The molecule has 0 N–H and O–H groups in total. The van der Waals surface area contributed by atoms with Crippen LogP contribution in [0.4, 0.5) is 0 Å². The number of esters is 1. The lowest BCUT2D eigenvalue weighted by Gasteiger charge is -2.19. The van der Waals surface area contributed by atoms with Crippen molar-refractivity contribution in [3.8, 4) is 24.2 Å². The highest BCUT2D eigenvalue weighted by Crippen LogP contribution is 2.10. The number of terminal acetylenes is 1. The highest BCUT2D eigenvalue weighted by molar-refractivity contribution is 5.70. The minimum absolute atomic E-state index is 0.104. The zero-order valence-corrected chi connectivity index (χ0v) is 11.2. The van der Waals surface area contributed by atoms with Crippen molar-refractivity contribution in [2.45, 2.75) is 53.6 Å². The molecule has 0 spiro atoms. The lowest BCUT2D eigenvalue weighted by atomic mass is 10.1. The first-order valence-corrected chi connectivity index (χ1v) is 5.32. The van der Waals surface area contributed by atoms with Crippen molar-refractivity contribution in [3.63, 3.8) is 0 Å². The highest BCUT2D eigenvalue weighted by atomic mass is 16.6. The smallest absolute Gasteiger partial charge is 0.306 e. The second-order valence-electron chi connectivity index (χ2n) is 4.70. The number of carbonyl (C=O) groups excluding carboxylic acids is 1. The van der Waals surface area contributed by atoms with Crippen LogP contribution in [0.15, 0.2) is 0 Å². The Bertz CT molecular complexity index is 289. The molecule has 0 aliphatic carbocycles. The van der Waals surface area contributed by atoms with E-state index in [2.05, 4.69) is 17.8 Å². The van der Waals surface area contributed by atoms with Crippen molar-refractivity contribution >= 4 is 5.97 Å². The molecule has 0 saturated carbocycles. The van der Waals surface area contributed by atoms with E-state index >= 15 is 0 Å². The van der Waals surface area contributed by atoms with Gasteiger partial charge in [0.25, 0.3) is 0 Å². The Balaban J connectivity index is 0. The van der Waals surface area contributed by atoms with E-state index in [0.717, 1.165) is 0 Å². The van der Waals surface area contributed by atoms with Gasteiger partial charge >= 0.3 is 5.97 Å². The normalized spacial score (nSPS) is 9.12. The summed E-state index contributed by atoms with van der Waals surface area (Å²) in [5, 5.41) is 0. The average molecular weight is 222 g/mol. The summed E-state index contributed by atoms with van der Waals surface area (Å²) in [7, 11) is 0. The molecular weight excluding hydrogens is 200 g/mol. The average Bonchev–Trinajstić information content (AvgIpc) is 2.00. The third-order valence-electron chi connectivity index (χ3n) is 1.19. The molecule has 0 aromatic carbocycles. The van der Waals surface area contributed by atoms with E-state index in [1.165, 1.54) is 0 Å². The number of hydrogen-bond donors (Lipinski definition) is 0. The van der Waals surface area contributed by atoms with Crippen molar-refractivity contribution < 1.29 is 9.53 Å². The summed E-state index contributed by atoms with van der Waals surface area (Å²) in [4.78, 5) is 11.0. The molecule has 0 heterocycles. The number of carbonyl (C=O) groups is 1. The van der Waals surface area contributed by atoms with Gasteiger partial charge in [0.1, 0.15) is 5.60 Å². The molecular formula is C14H22O2. The lowest BCUT2D eigenvalue weighted by Crippen LogP contribution is -2.24. The third kappa shape index (κ3) is 18.4. The van der Waals surface area contributed by atoms with Crippen molar-refractivity contribution in [2.24, 2.45) is 5.92 Å². The van der Waals surface area contributed by atoms with Gasteiger partial charge in [-0.15, -0.1) is 6.42 Å². The van der Waals surface area contributed by atoms with E-state index < -0.39 is 0 Å². The molecule has 0 rings (SSSR count). The Morgan fingerprint density at radius 1 is 1.38 bits per heavy atom. The van der Waals surface area contributed by atoms with Gasteiger partial charge in [-0.1, -0.05) is 19.8 Å². The SMILES string of the molecule is C#CC#CC.CC(C)CC(=O)OC(C)(C)C. The summed E-state index contributed by atoms with van der Waals surface area (Å²) < 4.78 is 5.11. The van der Waals surface area contributed by atoms with Gasteiger partial charge in [-0.25, -0.2) is 0 Å². The number of hydrogen-bond acceptors (Lipinski definition) is 2. The van der Waals surface area contributed by atoms with E-state index in [9.17, 15) is 4.79 Å². The van der Waals surface area contributed by atoms with Gasteiger partial charge in [0.2, 0.25) is 0 Å². The Morgan fingerprint density at radius 2 is 1.88 bits per heavy atom. The van der Waals surface area contributed by atoms with Crippen LogP contribution in [0.5, 0.6) is 0 Å². The van der Waals surface area contributed by atoms with E-state index in [0.29, 0.717) is 12.3 Å². The molecule has 0 bridgehead atoms. The first-order chi connectivity index (χ1) is 7.22. The monoisotopic (exact) mass is 222 g/mol. The Hall–Kier alpha value is -1.41. The van der Waals surface area contributed by atoms with Crippen molar-refractivity contribution in [1.82, 2.24) is 0 Å². The molecule has 0 radical (unpaired) electrons. The molecule has 0 aromatic rings. The second kappa shape index (κ2) is 8.86. The van der Waals surface area contributed by atoms with E-state index in [4.69, 9.17) is 11.2 Å². The van der Waals surface area contributed by atoms with Crippen LogP contribution in [-0.2, 0) is 9.53 Å². The minimum atomic E-state index is -0.341. The largest absolute Gasteiger partial charge is 0.460 e. The molecule has 0 atom stereocenters. The lowest BCUT2D eigenvalue weighted by molar-refractivity contribution is -0.155. The zero-order valence-electron chi connectivity index (χ0n) is 11.2. The maximum Gasteiger partial charge on any atom is 0.306 e. The molecule has 2 heteroatoms. The molecule has 0 aromatic heterocycles. The van der Waals surface area contributed by atoms with Crippen LogP contribution in [0.1, 0.15) is 48.0 Å². The van der Waals surface area contributed by atoms with Gasteiger partial charge in [-0.05, 0) is 45.5 Å². The molecule has 0 fully saturated rings. The first-order valence-electron chi connectivity index (χ1n) is 5.32. The third-order valence-corrected chi connectivity index (χ3v) is 1.19. The molecule has 0 unspecified atom stereocenters. The van der Waals surface area contributed by atoms with Crippen LogP contribution in [0.2, 0.25) is 0 Å². The first kappa shape index (κ1) is 17.0. The predicted octanol–water partition coefficient (Wildman–Crippen LogP) is 3.02. The van der Waals surface area contributed by atoms with Crippen molar-refractivity contribution in [1.29, 1.82) is 0 Å². The molecule has 0 saturated heterocycles. The Labute approximate surface area is 99.8 Å². The van der Waals surface area contributed by atoms with Gasteiger partial charge in [0.05, 0.1) is 0 Å². The molecule has 0 aliphatic heterocycles. The predicted molar refractivity (Wildman–Crippen MR) is 67.6 cm³/mol. The summed E-state index contributed by atoms with van der Waals surface area (Å²) in [5.74, 6) is 7.35. The second-order valence-corrected chi connectivity index (χ2v) is 4.70. The topological polar surface area (TPSA) is 26.3 Å². The zero-order chi connectivity index (χ0) is 13.2. The van der Waals surface area contributed by atoms with Crippen LogP contribution in [0.25, 0.3) is 0 Å². The van der Waals surface area contributed by atoms with E-state index in [-0.39, 0.29) is 11.6 Å². The van der Waals surface area contributed by atoms with Gasteiger partial charge in [-0.3, -0.25) is 4.79 Å². The van der Waals surface area contributed by atoms with Crippen LogP contribution in [-0.4, -0.2) is 11.6 Å². The Morgan fingerprint density at radius 3 is 2.06 bits per heavy atom. The van der Waals surface area contributed by atoms with Gasteiger partial charge < -0.3 is 4.74 Å². The fourth-order valence-corrected chi connectivity index (χ4v) is 0.789. The fraction of sp³-hybridized carbons (Fsp3) is 0.643. The van der Waals surface area contributed by atoms with Crippen LogP contribution >= 0.6 is 0 Å². The fourth-order valence-electron chi connectivity index (χ4n) is 0.789. The summed E-state index contributed by atoms with van der Waals surface area (Å²) in [6, 6.07) is 0. The maximum absolute atomic E-state index is 11.0. The standard InChI is InChI=1S/C9H18O2.C5H4/c1-7(2)6-8(10)11-9(3,4)5;1-3-5-4-2/h7H,6H2,1-5H3;1H,2H3. The summed E-state index contributed by atoms with van der Waals surface area (Å²) in [6.45, 7) is 11.4. The summed E-state index contributed by atoms with van der Waals surface area (Å²) >= 11 is 0. The molecule has 16 heavy (non-hydrogen) atoms. The van der Waals surface area contributed by atoms with Gasteiger partial charge in [0, 0.05) is 6.42 Å². The highest BCUT2D eigenvalue weighted by Gasteiger charge is 2.16. The number of rotatable bonds is 2. The quantitative estimate of drug-likeness (QED) is 0.530. The van der Waals surface area contributed by atoms with Crippen LogP contribution < -0.4 is 0 Å². The van der Waals surface area contributed by atoms with Crippen molar-refractivity contribution in [2.75, 3.05) is 0 Å². The van der Waals surface area contributed by atoms with Crippen molar-refractivity contribution in [3.05, 3.63) is 0 Å². The minimum Gasteiger partial charge on any atom is -0.460 e. The van der Waals surface area contributed by atoms with E-state index in [1.54, 1.807) is 6.92 Å².